The lowest BCUT2D eigenvalue weighted by Gasteiger charge is -2.23. The predicted octanol–water partition coefficient (Wildman–Crippen LogP) is 4.94. The van der Waals surface area contributed by atoms with Gasteiger partial charge in [0.1, 0.15) is 11.5 Å². The van der Waals surface area contributed by atoms with Gasteiger partial charge in [0, 0.05) is 19.2 Å². The highest BCUT2D eigenvalue weighted by molar-refractivity contribution is 8.14. The Balaban J connectivity index is 1.70. The number of likely N-dealkylation sites (tertiary alicyclic amines) is 1. The van der Waals surface area contributed by atoms with Crippen LogP contribution in [0.3, 0.4) is 0 Å². The minimum atomic E-state index is -0.109. The molecule has 1 N–H and O–H groups in total. The Labute approximate surface area is 182 Å². The molecule has 7 heteroatoms. The standard InChI is InChI=1S/C23H29N3O3S/c1-28-19-12-13-21(29-2)20(16-19)25-22(27)17-30-23(24-18-10-6-5-7-11-18)26-14-8-3-4-9-15-26/h5-7,10-13,16H,3-4,8-9,14-15,17H2,1-2H3,(H,25,27). The molecule has 1 saturated heterocycles. The summed E-state index contributed by atoms with van der Waals surface area (Å²) >= 11 is 1.47. The van der Waals surface area contributed by atoms with Crippen molar-refractivity contribution in [3.8, 4) is 11.5 Å². The van der Waals surface area contributed by atoms with E-state index < -0.39 is 0 Å². The van der Waals surface area contributed by atoms with E-state index in [1.54, 1.807) is 32.4 Å². The van der Waals surface area contributed by atoms with Gasteiger partial charge in [-0.25, -0.2) is 4.99 Å². The molecule has 3 rings (SSSR count). The van der Waals surface area contributed by atoms with E-state index in [0.717, 1.165) is 36.8 Å². The molecule has 0 radical (unpaired) electrons. The second-order valence-electron chi connectivity index (χ2n) is 7.03. The molecule has 30 heavy (non-hydrogen) atoms. The summed E-state index contributed by atoms with van der Waals surface area (Å²) in [7, 11) is 3.17. The Morgan fingerprint density at radius 2 is 1.77 bits per heavy atom. The summed E-state index contributed by atoms with van der Waals surface area (Å²) in [4.78, 5) is 19.8. The van der Waals surface area contributed by atoms with E-state index in [1.165, 1.54) is 24.6 Å². The Bertz CT molecular complexity index is 850. The molecule has 0 atom stereocenters. The number of methoxy groups -OCH3 is 2. The molecule has 0 saturated carbocycles. The molecule has 1 heterocycles. The van der Waals surface area contributed by atoms with Crippen LogP contribution in [0.15, 0.2) is 53.5 Å². The average Bonchev–Trinajstić information content (AvgIpc) is 3.07. The molecule has 2 aromatic carbocycles. The highest BCUT2D eigenvalue weighted by Gasteiger charge is 2.17. The first-order valence-corrected chi connectivity index (χ1v) is 11.2. The average molecular weight is 428 g/mol. The smallest absolute Gasteiger partial charge is 0.234 e. The molecule has 0 aromatic heterocycles. The molecule has 0 spiro atoms. The fraction of sp³-hybridized carbons (Fsp3) is 0.391. The molecular weight excluding hydrogens is 398 g/mol. The second-order valence-corrected chi connectivity index (χ2v) is 7.98. The quantitative estimate of drug-likeness (QED) is 0.523. The van der Waals surface area contributed by atoms with Gasteiger partial charge in [-0.2, -0.15) is 0 Å². The van der Waals surface area contributed by atoms with Crippen molar-refractivity contribution in [2.24, 2.45) is 4.99 Å². The maximum Gasteiger partial charge on any atom is 0.234 e. The topological polar surface area (TPSA) is 63.2 Å². The summed E-state index contributed by atoms with van der Waals surface area (Å²) < 4.78 is 10.6. The molecule has 0 unspecified atom stereocenters. The van der Waals surface area contributed by atoms with Crippen molar-refractivity contribution in [1.82, 2.24) is 4.90 Å². The Kier molecular flexibility index (Phi) is 8.44. The van der Waals surface area contributed by atoms with Crippen molar-refractivity contribution in [1.29, 1.82) is 0 Å². The largest absolute Gasteiger partial charge is 0.497 e. The lowest BCUT2D eigenvalue weighted by molar-refractivity contribution is -0.113. The summed E-state index contributed by atoms with van der Waals surface area (Å²) in [6.45, 7) is 1.95. The number of amidine groups is 1. The van der Waals surface area contributed by atoms with Gasteiger partial charge in [-0.05, 0) is 37.1 Å². The third-order valence-electron chi connectivity index (χ3n) is 4.87. The van der Waals surface area contributed by atoms with E-state index in [1.807, 2.05) is 30.3 Å². The van der Waals surface area contributed by atoms with Gasteiger partial charge in [0.2, 0.25) is 5.91 Å². The highest BCUT2D eigenvalue weighted by atomic mass is 32.2. The van der Waals surface area contributed by atoms with E-state index in [4.69, 9.17) is 14.5 Å². The molecule has 0 bridgehead atoms. The van der Waals surface area contributed by atoms with Gasteiger partial charge < -0.3 is 19.7 Å². The zero-order valence-electron chi connectivity index (χ0n) is 17.6. The number of carbonyl (C=O) groups is 1. The SMILES string of the molecule is COc1ccc(OC)c(NC(=O)CSC(=Nc2ccccc2)N2CCCCCC2)c1. The van der Waals surface area contributed by atoms with Crippen LogP contribution in [0.25, 0.3) is 0 Å². The van der Waals surface area contributed by atoms with E-state index in [9.17, 15) is 4.79 Å². The zero-order valence-corrected chi connectivity index (χ0v) is 18.4. The minimum absolute atomic E-state index is 0.109. The molecule has 1 aliphatic heterocycles. The van der Waals surface area contributed by atoms with Crippen LogP contribution < -0.4 is 14.8 Å². The molecule has 1 fully saturated rings. The van der Waals surface area contributed by atoms with Crippen molar-refractivity contribution in [2.45, 2.75) is 25.7 Å². The predicted molar refractivity (Wildman–Crippen MR) is 124 cm³/mol. The van der Waals surface area contributed by atoms with Crippen molar-refractivity contribution in [2.75, 3.05) is 38.4 Å². The number of amides is 1. The summed E-state index contributed by atoms with van der Waals surface area (Å²) in [5.41, 5.74) is 1.50. The number of rotatable bonds is 6. The number of ether oxygens (including phenoxy) is 2. The number of benzene rings is 2. The van der Waals surface area contributed by atoms with Crippen LogP contribution >= 0.6 is 11.8 Å². The van der Waals surface area contributed by atoms with E-state index >= 15 is 0 Å². The first-order chi connectivity index (χ1) is 14.7. The van der Waals surface area contributed by atoms with Gasteiger partial charge in [-0.3, -0.25) is 4.79 Å². The first kappa shape index (κ1) is 22.0. The number of nitrogens with one attached hydrogen (secondary N) is 1. The van der Waals surface area contributed by atoms with Gasteiger partial charge in [-0.15, -0.1) is 0 Å². The van der Waals surface area contributed by atoms with Crippen LogP contribution in [0.5, 0.6) is 11.5 Å². The maximum absolute atomic E-state index is 12.7. The van der Waals surface area contributed by atoms with Crippen molar-refractivity contribution in [3.05, 3.63) is 48.5 Å². The number of para-hydroxylation sites is 1. The summed E-state index contributed by atoms with van der Waals surface area (Å²) in [5.74, 6) is 1.42. The molecular formula is C23H29N3O3S. The van der Waals surface area contributed by atoms with Gasteiger partial charge in [0.15, 0.2) is 5.17 Å². The van der Waals surface area contributed by atoms with Gasteiger partial charge >= 0.3 is 0 Å². The van der Waals surface area contributed by atoms with E-state index in [0.29, 0.717) is 17.2 Å². The van der Waals surface area contributed by atoms with Crippen LogP contribution in [0.1, 0.15) is 25.7 Å². The minimum Gasteiger partial charge on any atom is -0.497 e. The third kappa shape index (κ3) is 6.42. The number of hydrogen-bond acceptors (Lipinski definition) is 5. The number of anilines is 1. The highest BCUT2D eigenvalue weighted by Crippen LogP contribution is 2.29. The Morgan fingerprint density at radius 1 is 1.03 bits per heavy atom. The zero-order chi connectivity index (χ0) is 21.2. The second kappa shape index (κ2) is 11.5. The van der Waals surface area contributed by atoms with Crippen molar-refractivity contribution in [3.63, 3.8) is 0 Å². The maximum atomic E-state index is 12.7. The Morgan fingerprint density at radius 3 is 2.43 bits per heavy atom. The molecule has 0 aliphatic carbocycles. The summed E-state index contributed by atoms with van der Waals surface area (Å²) in [5, 5.41) is 3.83. The molecule has 160 valence electrons. The van der Waals surface area contributed by atoms with Crippen molar-refractivity contribution < 1.29 is 14.3 Å². The number of aliphatic imine (C=N–C) groups is 1. The van der Waals surface area contributed by atoms with Gasteiger partial charge in [0.25, 0.3) is 0 Å². The van der Waals surface area contributed by atoms with E-state index in [2.05, 4.69) is 10.2 Å². The fourth-order valence-corrected chi connectivity index (χ4v) is 4.16. The lowest BCUT2D eigenvalue weighted by Crippen LogP contribution is -2.31. The Hall–Kier alpha value is -2.67. The van der Waals surface area contributed by atoms with Gasteiger partial charge in [-0.1, -0.05) is 42.8 Å². The molecule has 1 amide bonds. The van der Waals surface area contributed by atoms with Crippen LogP contribution in [-0.4, -0.2) is 49.0 Å². The first-order valence-electron chi connectivity index (χ1n) is 10.2. The number of hydrogen-bond donors (Lipinski definition) is 1. The number of thioether (sulfide) groups is 1. The van der Waals surface area contributed by atoms with Gasteiger partial charge in [0.05, 0.1) is 31.3 Å². The lowest BCUT2D eigenvalue weighted by atomic mass is 10.2. The van der Waals surface area contributed by atoms with Crippen molar-refractivity contribution >= 4 is 34.2 Å². The number of nitrogens with zero attached hydrogens (tertiary/aromatic N) is 2. The monoisotopic (exact) mass is 427 g/mol. The molecule has 1 aliphatic rings. The van der Waals surface area contributed by atoms with E-state index in [-0.39, 0.29) is 11.7 Å². The third-order valence-corrected chi connectivity index (χ3v) is 5.88. The fourth-order valence-electron chi connectivity index (χ4n) is 3.30. The molecule has 2 aromatic rings. The van der Waals surface area contributed by atoms with Crippen LogP contribution in [0.2, 0.25) is 0 Å². The normalized spacial score (nSPS) is 14.7. The molecule has 6 nitrogen and oxygen atoms in total. The summed E-state index contributed by atoms with van der Waals surface area (Å²) in [6, 6.07) is 15.2. The number of carbonyl (C=O) groups excluding carboxylic acids is 1. The van der Waals surface area contributed by atoms with Crippen LogP contribution in [0.4, 0.5) is 11.4 Å². The van der Waals surface area contributed by atoms with Crippen LogP contribution in [0, 0.1) is 0 Å². The summed E-state index contributed by atoms with van der Waals surface area (Å²) in [6.07, 6.45) is 4.80. The van der Waals surface area contributed by atoms with Crippen LogP contribution in [-0.2, 0) is 4.79 Å².